The summed E-state index contributed by atoms with van der Waals surface area (Å²) in [7, 11) is 0. The topological polar surface area (TPSA) is 24.4 Å². The molecule has 1 heterocycles. The van der Waals surface area contributed by atoms with Gasteiger partial charge in [-0.1, -0.05) is 23.7 Å². The van der Waals surface area contributed by atoms with Crippen LogP contribution in [-0.4, -0.2) is 11.8 Å². The van der Waals surface area contributed by atoms with Crippen molar-refractivity contribution in [3.63, 3.8) is 0 Å². The molecular weight excluding hydrogens is 231 g/mol. The fourth-order valence-electron chi connectivity index (χ4n) is 1.40. The number of nitrogens with one attached hydrogen (secondary N) is 1. The Morgan fingerprint density at radius 2 is 1.93 bits per heavy atom. The number of hydrogen-bond donors (Lipinski definition) is 1. The van der Waals surface area contributed by atoms with Gasteiger partial charge in [-0.25, -0.2) is 0 Å². The highest BCUT2D eigenvalue weighted by Gasteiger charge is 2.04. The first kappa shape index (κ1) is 10.5. The molecule has 15 heavy (non-hydrogen) atoms. The summed E-state index contributed by atoms with van der Waals surface area (Å²) in [5, 5.41) is 4.10. The largest absolute Gasteiger partial charge is 0.337 e. The van der Waals surface area contributed by atoms with Crippen LogP contribution < -0.4 is 5.32 Å². The number of amidine groups is 1. The molecule has 0 radical (unpaired) electrons. The van der Waals surface area contributed by atoms with E-state index in [1.54, 1.807) is 0 Å². The maximum Gasteiger partial charge on any atom is 0.195 e. The molecule has 2 nitrogen and oxygen atoms in total. The number of rotatable bonds is 2. The van der Waals surface area contributed by atoms with Gasteiger partial charge < -0.3 is 5.32 Å². The maximum atomic E-state index is 5.81. The van der Waals surface area contributed by atoms with Gasteiger partial charge in [0.2, 0.25) is 0 Å². The molecule has 0 aromatic heterocycles. The van der Waals surface area contributed by atoms with Crippen LogP contribution in [0, 0.1) is 0 Å². The third-order valence-corrected chi connectivity index (χ3v) is 2.64. The van der Waals surface area contributed by atoms with Gasteiger partial charge in [0, 0.05) is 11.2 Å². The van der Waals surface area contributed by atoms with Gasteiger partial charge >= 0.3 is 0 Å². The van der Waals surface area contributed by atoms with Gasteiger partial charge in [0.1, 0.15) is 0 Å². The zero-order valence-electron chi connectivity index (χ0n) is 8.00. The van der Waals surface area contributed by atoms with Gasteiger partial charge in [-0.3, -0.25) is 4.99 Å². The van der Waals surface area contributed by atoms with Crippen LogP contribution in [0.1, 0.15) is 5.56 Å². The molecule has 1 aromatic rings. The van der Waals surface area contributed by atoms with Crippen molar-refractivity contribution in [1.29, 1.82) is 0 Å². The van der Waals surface area contributed by atoms with Gasteiger partial charge in [0.15, 0.2) is 5.29 Å². The van der Waals surface area contributed by atoms with Gasteiger partial charge in [0.05, 0.1) is 6.54 Å². The molecule has 0 saturated heterocycles. The third-order valence-electron chi connectivity index (χ3n) is 2.16. The number of nitrogens with zero attached hydrogens (tertiary/aromatic N) is 1. The normalized spacial score (nSPS) is 15.3. The van der Waals surface area contributed by atoms with Crippen molar-refractivity contribution in [3.8, 4) is 0 Å². The Morgan fingerprint density at radius 3 is 2.53 bits per heavy atom. The molecule has 0 aliphatic carbocycles. The third kappa shape index (κ3) is 2.98. The Kier molecular flexibility index (Phi) is 3.29. The van der Waals surface area contributed by atoms with Crippen molar-refractivity contribution in [2.45, 2.75) is 6.42 Å². The Labute approximate surface area is 98.6 Å². The lowest BCUT2D eigenvalue weighted by Crippen LogP contribution is -2.18. The minimum atomic E-state index is 0.454. The van der Waals surface area contributed by atoms with E-state index in [2.05, 4.69) is 10.3 Å². The van der Waals surface area contributed by atoms with Gasteiger partial charge in [-0.05, 0) is 41.3 Å². The van der Waals surface area contributed by atoms with E-state index < -0.39 is 0 Å². The van der Waals surface area contributed by atoms with Crippen LogP contribution in [-0.2, 0) is 6.42 Å². The minimum Gasteiger partial charge on any atom is -0.337 e. The van der Waals surface area contributed by atoms with E-state index in [0.29, 0.717) is 11.8 Å². The zero-order valence-corrected chi connectivity index (χ0v) is 9.52. The molecule has 0 saturated carbocycles. The van der Waals surface area contributed by atoms with Crippen LogP contribution >= 0.6 is 23.2 Å². The summed E-state index contributed by atoms with van der Waals surface area (Å²) in [6, 6.07) is 7.82. The van der Waals surface area contributed by atoms with Crippen molar-refractivity contribution in [3.05, 3.63) is 46.6 Å². The van der Waals surface area contributed by atoms with Crippen LogP contribution in [0.5, 0.6) is 0 Å². The summed E-state index contributed by atoms with van der Waals surface area (Å²) >= 11 is 11.5. The van der Waals surface area contributed by atoms with E-state index in [9.17, 15) is 0 Å². The van der Waals surface area contributed by atoms with Crippen molar-refractivity contribution >= 4 is 28.5 Å². The van der Waals surface area contributed by atoms with Gasteiger partial charge in [-0.2, -0.15) is 0 Å². The number of hydrogen-bond acceptors (Lipinski definition) is 2. The smallest absolute Gasteiger partial charge is 0.195 e. The lowest BCUT2D eigenvalue weighted by molar-refractivity contribution is 0.975. The summed E-state index contributed by atoms with van der Waals surface area (Å²) in [5.74, 6) is 0. The molecule has 0 bridgehead atoms. The number of aliphatic imine (C=N–C) groups is 1. The molecule has 1 aromatic carbocycles. The van der Waals surface area contributed by atoms with E-state index in [0.717, 1.165) is 11.4 Å². The summed E-state index contributed by atoms with van der Waals surface area (Å²) in [4.78, 5) is 4.10. The molecule has 0 fully saturated rings. The SMILES string of the molecule is ClC1=NCC(Cc2ccc(Cl)cc2)=CN1. The van der Waals surface area contributed by atoms with Crippen LogP contribution in [0.3, 0.4) is 0 Å². The predicted octanol–water partition coefficient (Wildman–Crippen LogP) is 2.96. The van der Waals surface area contributed by atoms with Crippen molar-refractivity contribution in [2.75, 3.05) is 6.54 Å². The summed E-state index contributed by atoms with van der Waals surface area (Å²) < 4.78 is 0. The zero-order chi connectivity index (χ0) is 10.7. The quantitative estimate of drug-likeness (QED) is 0.791. The van der Waals surface area contributed by atoms with Crippen molar-refractivity contribution < 1.29 is 0 Å². The van der Waals surface area contributed by atoms with Crippen LogP contribution in [0.2, 0.25) is 5.02 Å². The summed E-state index contributed by atoms with van der Waals surface area (Å²) in [5.41, 5.74) is 2.43. The molecule has 0 amide bonds. The first-order valence-electron chi connectivity index (χ1n) is 4.63. The van der Waals surface area contributed by atoms with Crippen LogP contribution in [0.4, 0.5) is 0 Å². The van der Waals surface area contributed by atoms with E-state index >= 15 is 0 Å². The number of benzene rings is 1. The van der Waals surface area contributed by atoms with Crippen LogP contribution in [0.15, 0.2) is 41.0 Å². The summed E-state index contributed by atoms with van der Waals surface area (Å²) in [6.07, 6.45) is 2.78. The lowest BCUT2D eigenvalue weighted by Gasteiger charge is -2.11. The molecule has 1 aliphatic heterocycles. The van der Waals surface area contributed by atoms with Crippen LogP contribution in [0.25, 0.3) is 0 Å². The molecule has 0 atom stereocenters. The molecular formula is C11H10Cl2N2. The monoisotopic (exact) mass is 240 g/mol. The Balaban J connectivity index is 2.01. The first-order valence-corrected chi connectivity index (χ1v) is 5.38. The fraction of sp³-hybridized carbons (Fsp3) is 0.182. The molecule has 1 N–H and O–H groups in total. The highest BCUT2D eigenvalue weighted by Crippen LogP contribution is 2.14. The predicted molar refractivity (Wildman–Crippen MR) is 64.5 cm³/mol. The van der Waals surface area contributed by atoms with E-state index in [4.69, 9.17) is 23.2 Å². The Bertz CT molecular complexity index is 407. The Morgan fingerprint density at radius 1 is 1.20 bits per heavy atom. The second kappa shape index (κ2) is 4.69. The standard InChI is InChI=1S/C11H10Cl2N2/c12-10-3-1-8(2-4-10)5-9-6-14-11(13)15-7-9/h1-4,6H,5,7H2,(H,14,15). The molecule has 4 heteroatoms. The molecule has 78 valence electrons. The fourth-order valence-corrected chi connectivity index (χ4v) is 1.64. The highest BCUT2D eigenvalue weighted by atomic mass is 35.5. The van der Waals surface area contributed by atoms with Gasteiger partial charge in [0.25, 0.3) is 0 Å². The highest BCUT2D eigenvalue weighted by molar-refractivity contribution is 6.64. The van der Waals surface area contributed by atoms with E-state index in [-0.39, 0.29) is 0 Å². The Hall–Kier alpha value is -0.990. The van der Waals surface area contributed by atoms with Crippen molar-refractivity contribution in [1.82, 2.24) is 5.32 Å². The first-order chi connectivity index (χ1) is 7.24. The lowest BCUT2D eigenvalue weighted by atomic mass is 10.1. The molecule has 1 aliphatic rings. The molecule has 0 spiro atoms. The number of halogens is 2. The maximum absolute atomic E-state index is 5.81. The second-order valence-electron chi connectivity index (χ2n) is 3.36. The minimum absolute atomic E-state index is 0.454. The molecule has 0 unspecified atom stereocenters. The van der Waals surface area contributed by atoms with E-state index in [1.807, 2.05) is 30.5 Å². The second-order valence-corrected chi connectivity index (χ2v) is 4.15. The molecule has 2 rings (SSSR count). The average Bonchev–Trinajstić information content (AvgIpc) is 2.25. The summed E-state index contributed by atoms with van der Waals surface area (Å²) in [6.45, 7) is 0.661. The van der Waals surface area contributed by atoms with Crippen molar-refractivity contribution in [2.24, 2.45) is 4.99 Å². The van der Waals surface area contributed by atoms with E-state index in [1.165, 1.54) is 11.1 Å². The van der Waals surface area contributed by atoms with Gasteiger partial charge in [-0.15, -0.1) is 0 Å². The average molecular weight is 241 g/mol.